The maximum Gasteiger partial charge on any atom is 0.126 e. The minimum Gasteiger partial charge on any atom is -0.507 e. The second-order valence-electron chi connectivity index (χ2n) is 4.07. The fourth-order valence-electron chi connectivity index (χ4n) is 1.99. The molecule has 0 aliphatic rings. The molecule has 0 unspecified atom stereocenters. The summed E-state index contributed by atoms with van der Waals surface area (Å²) in [5.41, 5.74) is 2.35. The Balaban J connectivity index is 2.19. The van der Waals surface area contributed by atoms with E-state index in [9.17, 15) is 9.50 Å². The summed E-state index contributed by atoms with van der Waals surface area (Å²) in [6.07, 6.45) is 1.73. The Morgan fingerprint density at radius 2 is 1.89 bits per heavy atom. The lowest BCUT2D eigenvalue weighted by Crippen LogP contribution is -1.83. The highest BCUT2D eigenvalue weighted by Crippen LogP contribution is 2.31. The number of nitrogens with zero attached hydrogens (tertiary/aromatic N) is 1. The molecule has 0 bridgehead atoms. The zero-order chi connectivity index (χ0) is 12.5. The van der Waals surface area contributed by atoms with Crippen molar-refractivity contribution in [3.8, 4) is 16.9 Å². The van der Waals surface area contributed by atoms with E-state index < -0.39 is 5.82 Å². The average Bonchev–Trinajstić information content (AvgIpc) is 2.38. The van der Waals surface area contributed by atoms with Gasteiger partial charge in [-0.15, -0.1) is 0 Å². The van der Waals surface area contributed by atoms with Gasteiger partial charge < -0.3 is 5.11 Å². The summed E-state index contributed by atoms with van der Waals surface area (Å²) in [6, 6.07) is 13.5. The van der Waals surface area contributed by atoms with Crippen molar-refractivity contribution in [1.82, 2.24) is 4.98 Å². The fraction of sp³-hybridized carbons (Fsp3) is 0. The third kappa shape index (κ3) is 1.80. The molecule has 0 radical (unpaired) electrons. The molecule has 2 nitrogen and oxygen atoms in total. The summed E-state index contributed by atoms with van der Waals surface area (Å²) in [5, 5.41) is 10.7. The van der Waals surface area contributed by atoms with Crippen LogP contribution < -0.4 is 0 Å². The van der Waals surface area contributed by atoms with Crippen molar-refractivity contribution in [2.75, 3.05) is 0 Å². The number of pyridine rings is 1. The van der Waals surface area contributed by atoms with Crippen LogP contribution >= 0.6 is 0 Å². The van der Waals surface area contributed by atoms with Gasteiger partial charge in [0.15, 0.2) is 0 Å². The predicted octanol–water partition coefficient (Wildman–Crippen LogP) is 3.75. The molecule has 18 heavy (non-hydrogen) atoms. The van der Waals surface area contributed by atoms with E-state index in [1.165, 1.54) is 6.07 Å². The number of halogens is 1. The van der Waals surface area contributed by atoms with E-state index in [0.717, 1.165) is 22.5 Å². The van der Waals surface area contributed by atoms with Crippen molar-refractivity contribution in [3.63, 3.8) is 0 Å². The highest BCUT2D eigenvalue weighted by Gasteiger charge is 2.06. The first-order valence-corrected chi connectivity index (χ1v) is 5.58. The first-order valence-electron chi connectivity index (χ1n) is 5.58. The van der Waals surface area contributed by atoms with Gasteiger partial charge in [-0.3, -0.25) is 4.98 Å². The van der Waals surface area contributed by atoms with Gasteiger partial charge in [-0.2, -0.15) is 0 Å². The summed E-state index contributed by atoms with van der Waals surface area (Å²) in [4.78, 5) is 4.23. The molecular formula is C15H10FNO. The molecule has 0 amide bonds. The molecule has 1 N–H and O–H groups in total. The topological polar surface area (TPSA) is 33.1 Å². The van der Waals surface area contributed by atoms with Crippen LogP contribution in [-0.2, 0) is 0 Å². The van der Waals surface area contributed by atoms with Crippen molar-refractivity contribution in [2.24, 2.45) is 0 Å². The zero-order valence-electron chi connectivity index (χ0n) is 9.47. The largest absolute Gasteiger partial charge is 0.507 e. The summed E-state index contributed by atoms with van der Waals surface area (Å²) in [5.74, 6) is -0.503. The Hall–Kier alpha value is -2.42. The van der Waals surface area contributed by atoms with E-state index in [4.69, 9.17) is 0 Å². The molecule has 0 saturated heterocycles. The van der Waals surface area contributed by atoms with Crippen LogP contribution in [0.5, 0.6) is 5.75 Å². The molecule has 3 heteroatoms. The molecule has 0 aliphatic carbocycles. The molecule has 3 rings (SSSR count). The second-order valence-corrected chi connectivity index (χ2v) is 4.07. The molecule has 88 valence electrons. The van der Waals surface area contributed by atoms with E-state index in [2.05, 4.69) is 4.98 Å². The SMILES string of the molecule is Oc1cc(F)ccc1-c1ccc2ncccc2c1. The Bertz CT molecular complexity index is 725. The van der Waals surface area contributed by atoms with Gasteiger partial charge in [-0.25, -0.2) is 4.39 Å². The lowest BCUT2D eigenvalue weighted by molar-refractivity contribution is 0.471. The first-order chi connectivity index (χ1) is 8.74. The van der Waals surface area contributed by atoms with E-state index in [-0.39, 0.29) is 5.75 Å². The highest BCUT2D eigenvalue weighted by molar-refractivity contribution is 5.85. The Morgan fingerprint density at radius 1 is 1.00 bits per heavy atom. The number of hydrogen-bond donors (Lipinski definition) is 1. The molecule has 3 aromatic rings. The molecule has 0 saturated carbocycles. The predicted molar refractivity (Wildman–Crippen MR) is 68.8 cm³/mol. The smallest absolute Gasteiger partial charge is 0.126 e. The normalized spacial score (nSPS) is 10.7. The van der Waals surface area contributed by atoms with E-state index >= 15 is 0 Å². The molecule has 1 aromatic heterocycles. The van der Waals surface area contributed by atoms with Gasteiger partial charge in [0.2, 0.25) is 0 Å². The molecule has 1 heterocycles. The molecular weight excluding hydrogens is 229 g/mol. The highest BCUT2D eigenvalue weighted by atomic mass is 19.1. The lowest BCUT2D eigenvalue weighted by Gasteiger charge is -2.06. The van der Waals surface area contributed by atoms with Crippen LogP contribution in [0.15, 0.2) is 54.7 Å². The van der Waals surface area contributed by atoms with Crippen molar-refractivity contribution >= 4 is 10.9 Å². The van der Waals surface area contributed by atoms with Gasteiger partial charge in [0.25, 0.3) is 0 Å². The summed E-state index contributed by atoms with van der Waals surface area (Å²) >= 11 is 0. The maximum absolute atomic E-state index is 12.9. The number of phenolic OH excluding ortho intramolecular Hbond substituents is 1. The standard InChI is InChI=1S/C15H10FNO/c16-12-4-5-13(15(18)9-12)10-3-6-14-11(8-10)2-1-7-17-14/h1-9,18H. The first kappa shape index (κ1) is 10.7. The Morgan fingerprint density at radius 3 is 2.72 bits per heavy atom. The fourth-order valence-corrected chi connectivity index (χ4v) is 1.99. The number of benzene rings is 2. The van der Waals surface area contributed by atoms with Crippen LogP contribution in [0.25, 0.3) is 22.0 Å². The zero-order valence-corrected chi connectivity index (χ0v) is 9.47. The minimum absolute atomic E-state index is 0.0572. The molecule has 0 atom stereocenters. The third-order valence-corrected chi connectivity index (χ3v) is 2.87. The van der Waals surface area contributed by atoms with Crippen LogP contribution in [0, 0.1) is 5.82 Å². The van der Waals surface area contributed by atoms with Crippen molar-refractivity contribution in [3.05, 3.63) is 60.5 Å². The number of aromatic hydroxyl groups is 1. The number of fused-ring (bicyclic) bond motifs is 1. The van der Waals surface area contributed by atoms with E-state index in [0.29, 0.717) is 5.56 Å². The van der Waals surface area contributed by atoms with Gasteiger partial charge in [-0.05, 0) is 35.9 Å². The molecule has 0 aliphatic heterocycles. The van der Waals surface area contributed by atoms with Gasteiger partial charge in [0.05, 0.1) is 5.52 Å². The number of rotatable bonds is 1. The van der Waals surface area contributed by atoms with Gasteiger partial charge >= 0.3 is 0 Å². The van der Waals surface area contributed by atoms with Gasteiger partial charge in [0.1, 0.15) is 11.6 Å². The summed E-state index contributed by atoms with van der Waals surface area (Å²) < 4.78 is 12.9. The number of hydrogen-bond acceptors (Lipinski definition) is 2. The van der Waals surface area contributed by atoms with Crippen LogP contribution in [-0.4, -0.2) is 10.1 Å². The Kier molecular flexibility index (Phi) is 2.45. The van der Waals surface area contributed by atoms with Crippen molar-refractivity contribution in [1.29, 1.82) is 0 Å². The quantitative estimate of drug-likeness (QED) is 0.701. The van der Waals surface area contributed by atoms with E-state index in [1.807, 2.05) is 30.3 Å². The van der Waals surface area contributed by atoms with Gasteiger partial charge in [-0.1, -0.05) is 12.1 Å². The lowest BCUT2D eigenvalue weighted by atomic mass is 10.0. The number of aromatic nitrogens is 1. The van der Waals surface area contributed by atoms with E-state index in [1.54, 1.807) is 12.3 Å². The van der Waals surface area contributed by atoms with Crippen LogP contribution in [0.4, 0.5) is 4.39 Å². The molecule has 0 spiro atoms. The molecule has 2 aromatic carbocycles. The Labute approximate surface area is 103 Å². The van der Waals surface area contributed by atoms with Crippen molar-refractivity contribution in [2.45, 2.75) is 0 Å². The second kappa shape index (κ2) is 4.11. The van der Waals surface area contributed by atoms with Crippen LogP contribution in [0.3, 0.4) is 0 Å². The van der Waals surface area contributed by atoms with Crippen LogP contribution in [0.1, 0.15) is 0 Å². The minimum atomic E-state index is -0.446. The molecule has 0 fully saturated rings. The van der Waals surface area contributed by atoms with Gasteiger partial charge in [0, 0.05) is 23.2 Å². The maximum atomic E-state index is 12.9. The number of phenols is 1. The van der Waals surface area contributed by atoms with Crippen LogP contribution in [0.2, 0.25) is 0 Å². The summed E-state index contributed by atoms with van der Waals surface area (Å²) in [7, 11) is 0. The summed E-state index contributed by atoms with van der Waals surface area (Å²) in [6.45, 7) is 0. The monoisotopic (exact) mass is 239 g/mol. The average molecular weight is 239 g/mol. The third-order valence-electron chi connectivity index (χ3n) is 2.87. The van der Waals surface area contributed by atoms with Crippen molar-refractivity contribution < 1.29 is 9.50 Å².